The van der Waals surface area contributed by atoms with E-state index in [1.807, 2.05) is 18.2 Å². The van der Waals surface area contributed by atoms with Gasteiger partial charge in [0.2, 0.25) is 0 Å². The lowest BCUT2D eigenvalue weighted by atomic mass is 9.90. The van der Waals surface area contributed by atoms with Crippen LogP contribution in [0.25, 0.3) is 0 Å². The molecule has 20 heavy (non-hydrogen) atoms. The van der Waals surface area contributed by atoms with Gasteiger partial charge < -0.3 is 9.47 Å². The molecule has 3 nitrogen and oxygen atoms in total. The Kier molecular flexibility index (Phi) is 4.28. The van der Waals surface area contributed by atoms with Crippen molar-refractivity contribution in [2.24, 2.45) is 0 Å². The number of ether oxygens (including phenoxy) is 2. The van der Waals surface area contributed by atoms with Crippen LogP contribution in [0.2, 0.25) is 0 Å². The Morgan fingerprint density at radius 3 is 2.30 bits per heavy atom. The highest BCUT2D eigenvalue weighted by molar-refractivity contribution is 5.69. The largest absolute Gasteiger partial charge is 0.497 e. The van der Waals surface area contributed by atoms with Gasteiger partial charge in [0.1, 0.15) is 11.5 Å². The van der Waals surface area contributed by atoms with Crippen molar-refractivity contribution in [3.63, 3.8) is 0 Å². The molecule has 0 heterocycles. The quantitative estimate of drug-likeness (QED) is 0.781. The Morgan fingerprint density at radius 2 is 1.80 bits per heavy atom. The lowest BCUT2D eigenvalue weighted by Crippen LogP contribution is -2.05. The number of carbonyl (C=O) groups is 1. The molecule has 1 unspecified atom stereocenters. The molecule has 0 bridgehead atoms. The maximum absolute atomic E-state index is 11.2. The summed E-state index contributed by atoms with van der Waals surface area (Å²) in [6, 6.07) is 8.05. The summed E-state index contributed by atoms with van der Waals surface area (Å²) in [4.78, 5) is 11.2. The van der Waals surface area contributed by atoms with Crippen molar-refractivity contribution in [1.82, 2.24) is 0 Å². The molecule has 106 valence electrons. The van der Waals surface area contributed by atoms with Crippen LogP contribution in [0.15, 0.2) is 47.2 Å². The zero-order valence-corrected chi connectivity index (χ0v) is 12.4. The standard InChI is InChI=1S/C17H20O3/c1-11(2)17-15(9-10-16(17)20-12(3)18)13-5-7-14(19-4)8-6-13/h5-8,10,15H,9H2,1-4H3. The highest BCUT2D eigenvalue weighted by Crippen LogP contribution is 2.41. The third-order valence-corrected chi connectivity index (χ3v) is 3.46. The average molecular weight is 272 g/mol. The van der Waals surface area contributed by atoms with Gasteiger partial charge in [-0.25, -0.2) is 0 Å². The Labute approximate surface area is 119 Å². The number of carbonyl (C=O) groups excluding carboxylic acids is 1. The first kappa shape index (κ1) is 14.4. The van der Waals surface area contributed by atoms with Crippen molar-refractivity contribution in [1.29, 1.82) is 0 Å². The molecule has 0 amide bonds. The second-order valence-electron chi connectivity index (χ2n) is 5.14. The topological polar surface area (TPSA) is 35.5 Å². The van der Waals surface area contributed by atoms with E-state index < -0.39 is 0 Å². The average Bonchev–Trinajstić information content (AvgIpc) is 2.81. The van der Waals surface area contributed by atoms with Crippen molar-refractivity contribution in [2.45, 2.75) is 33.1 Å². The molecule has 3 heteroatoms. The van der Waals surface area contributed by atoms with Crippen LogP contribution in [0.4, 0.5) is 0 Å². The Bertz CT molecular complexity index is 560. The second kappa shape index (κ2) is 5.95. The Balaban J connectivity index is 2.29. The fraction of sp³-hybridized carbons (Fsp3) is 0.353. The first-order valence-electron chi connectivity index (χ1n) is 6.73. The normalized spacial score (nSPS) is 17.7. The summed E-state index contributed by atoms with van der Waals surface area (Å²) in [7, 11) is 1.66. The van der Waals surface area contributed by atoms with Crippen LogP contribution >= 0.6 is 0 Å². The molecule has 0 aliphatic heterocycles. The van der Waals surface area contributed by atoms with Gasteiger partial charge in [0.15, 0.2) is 0 Å². The minimum absolute atomic E-state index is 0.250. The summed E-state index contributed by atoms with van der Waals surface area (Å²) < 4.78 is 10.5. The van der Waals surface area contributed by atoms with Gasteiger partial charge >= 0.3 is 5.97 Å². The van der Waals surface area contributed by atoms with Crippen LogP contribution < -0.4 is 4.74 Å². The van der Waals surface area contributed by atoms with Crippen molar-refractivity contribution in [3.05, 3.63) is 52.8 Å². The van der Waals surface area contributed by atoms with E-state index in [9.17, 15) is 4.79 Å². The fourth-order valence-corrected chi connectivity index (χ4v) is 2.61. The first-order valence-corrected chi connectivity index (χ1v) is 6.73. The molecule has 0 aromatic heterocycles. The summed E-state index contributed by atoms with van der Waals surface area (Å²) in [5, 5.41) is 0. The van der Waals surface area contributed by atoms with E-state index in [0.717, 1.165) is 17.7 Å². The summed E-state index contributed by atoms with van der Waals surface area (Å²) in [6.45, 7) is 5.53. The number of allylic oxidation sites excluding steroid dienone is 3. The number of rotatable bonds is 3. The third-order valence-electron chi connectivity index (χ3n) is 3.46. The summed E-state index contributed by atoms with van der Waals surface area (Å²) >= 11 is 0. The van der Waals surface area contributed by atoms with Crippen molar-refractivity contribution in [2.75, 3.05) is 7.11 Å². The number of hydrogen-bond donors (Lipinski definition) is 0. The van der Waals surface area contributed by atoms with Crippen LogP contribution in [-0.4, -0.2) is 13.1 Å². The van der Waals surface area contributed by atoms with Gasteiger partial charge in [-0.05, 0) is 44.0 Å². The zero-order chi connectivity index (χ0) is 14.7. The Morgan fingerprint density at radius 1 is 1.15 bits per heavy atom. The summed E-state index contributed by atoms with van der Waals surface area (Å²) in [5.41, 5.74) is 3.50. The molecular weight excluding hydrogens is 252 g/mol. The minimum Gasteiger partial charge on any atom is -0.497 e. The van der Waals surface area contributed by atoms with Gasteiger partial charge in [0, 0.05) is 18.4 Å². The molecular formula is C17H20O3. The lowest BCUT2D eigenvalue weighted by Gasteiger charge is -2.17. The first-order chi connectivity index (χ1) is 9.52. The van der Waals surface area contributed by atoms with Crippen LogP contribution in [0.3, 0.4) is 0 Å². The molecule has 1 aromatic rings. The van der Waals surface area contributed by atoms with Gasteiger partial charge in [0.05, 0.1) is 7.11 Å². The smallest absolute Gasteiger partial charge is 0.308 e. The second-order valence-corrected chi connectivity index (χ2v) is 5.14. The molecule has 0 N–H and O–H groups in total. The summed E-state index contributed by atoms with van der Waals surface area (Å²) in [5.74, 6) is 1.53. The van der Waals surface area contributed by atoms with Gasteiger partial charge in [-0.2, -0.15) is 0 Å². The highest BCUT2D eigenvalue weighted by atomic mass is 16.5. The molecule has 1 aliphatic rings. The van der Waals surface area contributed by atoms with Crippen LogP contribution in [-0.2, 0) is 9.53 Å². The summed E-state index contributed by atoms with van der Waals surface area (Å²) in [6.07, 6.45) is 2.86. The van der Waals surface area contributed by atoms with Gasteiger partial charge in [-0.15, -0.1) is 0 Å². The molecule has 1 atom stereocenters. The third kappa shape index (κ3) is 2.93. The van der Waals surface area contributed by atoms with Gasteiger partial charge in [-0.1, -0.05) is 17.7 Å². The van der Waals surface area contributed by atoms with Gasteiger partial charge in [0.25, 0.3) is 0 Å². The zero-order valence-electron chi connectivity index (χ0n) is 12.4. The number of benzene rings is 1. The Hall–Kier alpha value is -2.03. The maximum atomic E-state index is 11.2. The molecule has 0 saturated carbocycles. The molecule has 0 spiro atoms. The van der Waals surface area contributed by atoms with Crippen molar-refractivity contribution >= 4 is 5.97 Å². The van der Waals surface area contributed by atoms with E-state index in [-0.39, 0.29) is 11.9 Å². The molecule has 0 saturated heterocycles. The molecule has 1 aromatic carbocycles. The lowest BCUT2D eigenvalue weighted by molar-refractivity contribution is -0.136. The predicted molar refractivity (Wildman–Crippen MR) is 78.6 cm³/mol. The van der Waals surface area contributed by atoms with Gasteiger partial charge in [-0.3, -0.25) is 4.79 Å². The monoisotopic (exact) mass is 272 g/mol. The maximum Gasteiger partial charge on any atom is 0.308 e. The van der Waals surface area contributed by atoms with Crippen molar-refractivity contribution < 1.29 is 14.3 Å². The van der Waals surface area contributed by atoms with Crippen LogP contribution in [0.5, 0.6) is 5.75 Å². The van der Waals surface area contributed by atoms with E-state index in [1.54, 1.807) is 7.11 Å². The van der Waals surface area contributed by atoms with E-state index in [2.05, 4.69) is 26.0 Å². The van der Waals surface area contributed by atoms with E-state index >= 15 is 0 Å². The van der Waals surface area contributed by atoms with E-state index in [4.69, 9.17) is 9.47 Å². The van der Waals surface area contributed by atoms with E-state index in [0.29, 0.717) is 5.76 Å². The number of esters is 1. The van der Waals surface area contributed by atoms with Crippen LogP contribution in [0.1, 0.15) is 38.7 Å². The van der Waals surface area contributed by atoms with E-state index in [1.165, 1.54) is 18.1 Å². The number of methoxy groups -OCH3 is 1. The molecule has 2 rings (SSSR count). The fourth-order valence-electron chi connectivity index (χ4n) is 2.61. The molecule has 1 aliphatic carbocycles. The highest BCUT2D eigenvalue weighted by Gasteiger charge is 2.28. The molecule has 0 radical (unpaired) electrons. The molecule has 0 fully saturated rings. The van der Waals surface area contributed by atoms with Crippen LogP contribution in [0, 0.1) is 0 Å². The number of hydrogen-bond acceptors (Lipinski definition) is 3. The SMILES string of the molecule is COc1ccc(C2CC=C(OC(C)=O)C2=C(C)C)cc1. The minimum atomic E-state index is -0.273. The van der Waals surface area contributed by atoms with Crippen molar-refractivity contribution in [3.8, 4) is 5.75 Å². The predicted octanol–water partition coefficient (Wildman–Crippen LogP) is 3.97.